The number of hydrogen-bond acceptors (Lipinski definition) is 2. The lowest BCUT2D eigenvalue weighted by molar-refractivity contribution is 0.346. The van der Waals surface area contributed by atoms with Crippen molar-refractivity contribution < 1.29 is 9.13 Å². The highest BCUT2D eigenvalue weighted by atomic mass is 35.5. The zero-order valence-corrected chi connectivity index (χ0v) is 12.5. The molecule has 0 unspecified atom stereocenters. The van der Waals surface area contributed by atoms with Crippen LogP contribution in [0.15, 0.2) is 35.9 Å². The Bertz CT molecular complexity index is 723. The topological polar surface area (TPSA) is 35.2 Å². The molecule has 2 aromatic carbocycles. The first-order valence-corrected chi connectivity index (χ1v) is 7.16. The summed E-state index contributed by atoms with van der Waals surface area (Å²) in [6.07, 6.45) is 1.84. The third kappa shape index (κ3) is 2.64. The van der Waals surface area contributed by atoms with Gasteiger partial charge < -0.3 is 10.5 Å². The van der Waals surface area contributed by atoms with Crippen molar-refractivity contribution in [3.8, 4) is 16.9 Å². The lowest BCUT2D eigenvalue weighted by atomic mass is 9.98. The van der Waals surface area contributed by atoms with E-state index in [1.807, 2.05) is 6.08 Å². The largest absolute Gasteiger partial charge is 0.488 e. The molecule has 1 heterocycles. The smallest absolute Gasteiger partial charge is 0.135 e. The molecule has 0 amide bonds. The first-order valence-electron chi connectivity index (χ1n) is 6.40. The number of ether oxygens (including phenoxy) is 1. The van der Waals surface area contributed by atoms with E-state index in [-0.39, 0.29) is 5.82 Å². The fourth-order valence-corrected chi connectivity index (χ4v) is 2.97. The van der Waals surface area contributed by atoms with E-state index >= 15 is 0 Å². The van der Waals surface area contributed by atoms with Crippen LogP contribution >= 0.6 is 23.2 Å². The first-order chi connectivity index (χ1) is 10.1. The first kappa shape index (κ1) is 14.4. The van der Waals surface area contributed by atoms with E-state index in [0.717, 1.165) is 5.57 Å². The van der Waals surface area contributed by atoms with Crippen LogP contribution < -0.4 is 10.5 Å². The van der Waals surface area contributed by atoms with Crippen molar-refractivity contribution >= 4 is 29.3 Å². The third-order valence-corrected chi connectivity index (χ3v) is 3.97. The molecule has 2 nitrogen and oxygen atoms in total. The van der Waals surface area contributed by atoms with Gasteiger partial charge in [0.05, 0.1) is 10.0 Å². The molecule has 0 bridgehead atoms. The highest BCUT2D eigenvalue weighted by molar-refractivity contribution is 6.39. The maximum atomic E-state index is 13.9. The van der Waals surface area contributed by atoms with Gasteiger partial charge in [-0.15, -0.1) is 0 Å². The summed E-state index contributed by atoms with van der Waals surface area (Å²) in [6.45, 7) is 0.752. The van der Waals surface area contributed by atoms with Crippen molar-refractivity contribution in [1.82, 2.24) is 0 Å². The summed E-state index contributed by atoms with van der Waals surface area (Å²) >= 11 is 12.4. The van der Waals surface area contributed by atoms with Gasteiger partial charge in [0, 0.05) is 23.2 Å². The predicted molar refractivity (Wildman–Crippen MR) is 84.4 cm³/mol. The Morgan fingerprint density at radius 3 is 2.57 bits per heavy atom. The number of benzene rings is 2. The van der Waals surface area contributed by atoms with E-state index < -0.39 is 0 Å². The molecule has 2 N–H and O–H groups in total. The van der Waals surface area contributed by atoms with Crippen LogP contribution in [-0.2, 0) is 0 Å². The van der Waals surface area contributed by atoms with Gasteiger partial charge in [-0.1, -0.05) is 29.3 Å². The summed E-state index contributed by atoms with van der Waals surface area (Å²) in [6, 6.07) is 7.97. The van der Waals surface area contributed by atoms with E-state index in [2.05, 4.69) is 0 Å². The molecule has 108 valence electrons. The minimum atomic E-state index is -0.377. The van der Waals surface area contributed by atoms with Gasteiger partial charge in [-0.25, -0.2) is 4.39 Å². The number of fused-ring (bicyclic) bond motifs is 1. The second-order valence-corrected chi connectivity index (χ2v) is 5.58. The molecule has 3 rings (SSSR count). The van der Waals surface area contributed by atoms with Crippen LogP contribution in [0.1, 0.15) is 5.56 Å². The maximum absolute atomic E-state index is 13.9. The molecule has 2 aromatic rings. The normalized spacial score (nSPS) is 13.4. The molecule has 0 saturated carbocycles. The molecule has 1 aliphatic heterocycles. The Hall–Kier alpha value is -1.55. The van der Waals surface area contributed by atoms with Crippen LogP contribution in [0.2, 0.25) is 10.0 Å². The summed E-state index contributed by atoms with van der Waals surface area (Å²) < 4.78 is 19.7. The fraction of sp³-hybridized carbons (Fsp3) is 0.125. The number of rotatable bonds is 2. The van der Waals surface area contributed by atoms with Gasteiger partial charge in [-0.2, -0.15) is 0 Å². The molecule has 0 saturated heterocycles. The van der Waals surface area contributed by atoms with Gasteiger partial charge in [-0.05, 0) is 35.9 Å². The Morgan fingerprint density at radius 2 is 1.90 bits per heavy atom. The Kier molecular flexibility index (Phi) is 3.89. The zero-order chi connectivity index (χ0) is 15.0. The molecule has 0 atom stereocenters. The van der Waals surface area contributed by atoms with E-state index in [1.165, 1.54) is 12.1 Å². The summed E-state index contributed by atoms with van der Waals surface area (Å²) in [7, 11) is 0. The van der Waals surface area contributed by atoms with Crippen LogP contribution in [0.3, 0.4) is 0 Å². The van der Waals surface area contributed by atoms with E-state index in [9.17, 15) is 4.39 Å². The average molecular weight is 324 g/mol. The molecule has 0 aliphatic carbocycles. The van der Waals surface area contributed by atoms with Gasteiger partial charge in [0.2, 0.25) is 0 Å². The van der Waals surface area contributed by atoms with Crippen LogP contribution in [-0.4, -0.2) is 13.2 Å². The Labute approximate surface area is 131 Å². The molecule has 0 fully saturated rings. The van der Waals surface area contributed by atoms with E-state index in [1.54, 1.807) is 18.2 Å². The summed E-state index contributed by atoms with van der Waals surface area (Å²) in [4.78, 5) is 0. The van der Waals surface area contributed by atoms with Gasteiger partial charge >= 0.3 is 0 Å². The molecule has 21 heavy (non-hydrogen) atoms. The van der Waals surface area contributed by atoms with Gasteiger partial charge in [0.15, 0.2) is 0 Å². The summed E-state index contributed by atoms with van der Waals surface area (Å²) in [5, 5.41) is 0.903. The lowest BCUT2D eigenvalue weighted by Crippen LogP contribution is -2.15. The molecular weight excluding hydrogens is 312 g/mol. The van der Waals surface area contributed by atoms with Gasteiger partial charge in [-0.3, -0.25) is 0 Å². The van der Waals surface area contributed by atoms with Crippen LogP contribution in [0.4, 0.5) is 4.39 Å². The summed E-state index contributed by atoms with van der Waals surface area (Å²) in [5.74, 6) is 0.196. The molecule has 5 heteroatoms. The molecule has 0 spiro atoms. The second kappa shape index (κ2) is 5.68. The van der Waals surface area contributed by atoms with E-state index in [4.69, 9.17) is 33.7 Å². The monoisotopic (exact) mass is 323 g/mol. The molecule has 1 aliphatic rings. The third-order valence-electron chi connectivity index (χ3n) is 3.34. The molecular formula is C16H12Cl2FNO. The minimum absolute atomic E-state index is 0.373. The number of halogens is 3. The van der Waals surface area contributed by atoms with Crippen LogP contribution in [0.5, 0.6) is 5.75 Å². The summed E-state index contributed by atoms with van der Waals surface area (Å²) in [5.41, 5.74) is 8.28. The average Bonchev–Trinajstić information content (AvgIpc) is 2.46. The minimum Gasteiger partial charge on any atom is -0.488 e. The fourth-order valence-electron chi connectivity index (χ4n) is 2.37. The molecule has 0 radical (unpaired) electrons. The van der Waals surface area contributed by atoms with E-state index in [0.29, 0.717) is 45.6 Å². The maximum Gasteiger partial charge on any atom is 0.135 e. The molecule has 0 aromatic heterocycles. The van der Waals surface area contributed by atoms with Crippen molar-refractivity contribution in [2.24, 2.45) is 5.73 Å². The van der Waals surface area contributed by atoms with Crippen molar-refractivity contribution in [2.75, 3.05) is 13.2 Å². The highest BCUT2D eigenvalue weighted by Crippen LogP contribution is 2.43. The zero-order valence-electron chi connectivity index (χ0n) is 11.0. The van der Waals surface area contributed by atoms with Gasteiger partial charge in [0.1, 0.15) is 18.2 Å². The predicted octanol–water partition coefficient (Wildman–Crippen LogP) is 4.53. The second-order valence-electron chi connectivity index (χ2n) is 4.76. The SMILES string of the molecule is NCC1=Cc2cc(F)cc(-c3c(Cl)cccc3Cl)c2OC1. The van der Waals surface area contributed by atoms with Crippen molar-refractivity contribution in [2.45, 2.75) is 0 Å². The number of nitrogens with two attached hydrogens (primary N) is 1. The van der Waals surface area contributed by atoms with Crippen LogP contribution in [0, 0.1) is 5.82 Å². The van der Waals surface area contributed by atoms with Gasteiger partial charge in [0.25, 0.3) is 0 Å². The standard InChI is InChI=1S/C16H12Cl2FNO/c17-13-2-1-3-14(18)15(13)12-6-11(19)5-10-4-9(7-20)8-21-16(10)12/h1-6H,7-8,20H2. The lowest BCUT2D eigenvalue weighted by Gasteiger charge is -2.21. The Morgan fingerprint density at radius 1 is 1.19 bits per heavy atom. The van der Waals surface area contributed by atoms with Crippen molar-refractivity contribution in [1.29, 1.82) is 0 Å². The number of hydrogen-bond donors (Lipinski definition) is 1. The van der Waals surface area contributed by atoms with Crippen molar-refractivity contribution in [3.63, 3.8) is 0 Å². The van der Waals surface area contributed by atoms with Crippen LogP contribution in [0.25, 0.3) is 17.2 Å². The Balaban J connectivity index is 2.26. The van der Waals surface area contributed by atoms with Crippen molar-refractivity contribution in [3.05, 3.63) is 57.3 Å². The highest BCUT2D eigenvalue weighted by Gasteiger charge is 2.20. The quantitative estimate of drug-likeness (QED) is 0.880.